The van der Waals surface area contributed by atoms with Gasteiger partial charge in [0.1, 0.15) is 4.88 Å². The zero-order valence-electron chi connectivity index (χ0n) is 10.9. The number of carbonyl (C=O) groups is 1. The summed E-state index contributed by atoms with van der Waals surface area (Å²) in [7, 11) is 0. The third kappa shape index (κ3) is 2.82. The number of ketones is 1. The molecule has 0 aliphatic heterocycles. The van der Waals surface area contributed by atoms with Crippen LogP contribution in [0.5, 0.6) is 0 Å². The smallest absolute Gasteiger partial charge is 0.205 e. The minimum absolute atomic E-state index is 0.0743. The Morgan fingerprint density at radius 1 is 1.05 bits per heavy atom. The number of halogens is 1. The number of thiazole rings is 1. The van der Waals surface area contributed by atoms with E-state index < -0.39 is 0 Å². The SMILES string of the molecule is Nc1nc(-c2ccc(Cl)cc2)c(C(=O)c2ccccc2)s1. The number of hydrogen-bond acceptors (Lipinski definition) is 4. The zero-order valence-corrected chi connectivity index (χ0v) is 12.5. The van der Waals surface area contributed by atoms with Crippen molar-refractivity contribution in [3.05, 3.63) is 70.1 Å². The second-order valence-corrected chi connectivity index (χ2v) is 5.90. The van der Waals surface area contributed by atoms with Crippen LogP contribution < -0.4 is 5.73 Å². The van der Waals surface area contributed by atoms with Crippen molar-refractivity contribution in [1.82, 2.24) is 4.98 Å². The van der Waals surface area contributed by atoms with E-state index in [-0.39, 0.29) is 5.78 Å². The summed E-state index contributed by atoms with van der Waals surface area (Å²) in [5.74, 6) is -0.0743. The van der Waals surface area contributed by atoms with E-state index in [4.69, 9.17) is 17.3 Å². The number of nitrogens with two attached hydrogens (primary N) is 1. The molecule has 3 nitrogen and oxygen atoms in total. The molecule has 3 rings (SSSR count). The lowest BCUT2D eigenvalue weighted by molar-refractivity contribution is 0.104. The molecule has 1 aromatic heterocycles. The predicted octanol–water partition coefficient (Wildman–Crippen LogP) is 4.28. The van der Waals surface area contributed by atoms with Crippen molar-refractivity contribution in [2.75, 3.05) is 5.73 Å². The molecular weight excluding hydrogens is 304 g/mol. The largest absolute Gasteiger partial charge is 0.375 e. The minimum Gasteiger partial charge on any atom is -0.375 e. The fourth-order valence-electron chi connectivity index (χ4n) is 2.01. The molecule has 104 valence electrons. The summed E-state index contributed by atoms with van der Waals surface area (Å²) in [6, 6.07) is 16.3. The van der Waals surface area contributed by atoms with Crippen LogP contribution in [0, 0.1) is 0 Å². The Kier molecular flexibility index (Phi) is 3.73. The van der Waals surface area contributed by atoms with E-state index in [1.54, 1.807) is 24.3 Å². The second kappa shape index (κ2) is 5.68. The highest BCUT2D eigenvalue weighted by Gasteiger charge is 2.19. The molecule has 0 atom stereocenters. The number of anilines is 1. The van der Waals surface area contributed by atoms with Gasteiger partial charge >= 0.3 is 0 Å². The average molecular weight is 315 g/mol. The lowest BCUT2D eigenvalue weighted by Crippen LogP contribution is -2.00. The Bertz CT molecular complexity index is 782. The average Bonchev–Trinajstić information content (AvgIpc) is 2.90. The highest BCUT2D eigenvalue weighted by atomic mass is 35.5. The van der Waals surface area contributed by atoms with Crippen LogP contribution in [-0.4, -0.2) is 10.8 Å². The summed E-state index contributed by atoms with van der Waals surface area (Å²) in [5, 5.41) is 1.01. The Balaban J connectivity index is 2.08. The van der Waals surface area contributed by atoms with Crippen LogP contribution in [0.4, 0.5) is 5.13 Å². The van der Waals surface area contributed by atoms with Crippen molar-refractivity contribution in [3.63, 3.8) is 0 Å². The molecule has 0 spiro atoms. The first-order chi connectivity index (χ1) is 10.1. The van der Waals surface area contributed by atoms with Crippen molar-refractivity contribution in [3.8, 4) is 11.3 Å². The lowest BCUT2D eigenvalue weighted by atomic mass is 10.1. The van der Waals surface area contributed by atoms with E-state index in [9.17, 15) is 4.79 Å². The van der Waals surface area contributed by atoms with E-state index in [2.05, 4.69) is 4.98 Å². The molecule has 0 aliphatic carbocycles. The minimum atomic E-state index is -0.0743. The number of aromatic nitrogens is 1. The number of carbonyl (C=O) groups excluding carboxylic acids is 1. The van der Waals surface area contributed by atoms with Crippen LogP contribution >= 0.6 is 22.9 Å². The van der Waals surface area contributed by atoms with Gasteiger partial charge in [0.25, 0.3) is 0 Å². The van der Waals surface area contributed by atoms with Crippen molar-refractivity contribution in [2.45, 2.75) is 0 Å². The Labute approximate surface area is 131 Å². The number of nitrogens with zero attached hydrogens (tertiary/aromatic N) is 1. The summed E-state index contributed by atoms with van der Waals surface area (Å²) < 4.78 is 0. The van der Waals surface area contributed by atoms with E-state index in [1.165, 1.54) is 11.3 Å². The first kappa shape index (κ1) is 13.8. The lowest BCUT2D eigenvalue weighted by Gasteiger charge is -2.02. The topological polar surface area (TPSA) is 56.0 Å². The maximum atomic E-state index is 12.6. The van der Waals surface area contributed by atoms with Crippen molar-refractivity contribution >= 4 is 33.9 Å². The van der Waals surface area contributed by atoms with Crippen LogP contribution in [0.2, 0.25) is 5.02 Å². The molecule has 0 fully saturated rings. The molecule has 0 unspecified atom stereocenters. The Hall–Kier alpha value is -2.17. The molecule has 0 amide bonds. The molecule has 0 saturated heterocycles. The number of rotatable bonds is 3. The van der Waals surface area contributed by atoms with Gasteiger partial charge in [-0.1, -0.05) is 65.4 Å². The van der Waals surface area contributed by atoms with Crippen molar-refractivity contribution < 1.29 is 4.79 Å². The van der Waals surface area contributed by atoms with Gasteiger partial charge in [-0.2, -0.15) is 0 Å². The van der Waals surface area contributed by atoms with Crippen LogP contribution in [-0.2, 0) is 0 Å². The van der Waals surface area contributed by atoms with Gasteiger partial charge in [-0.15, -0.1) is 0 Å². The second-order valence-electron chi connectivity index (χ2n) is 4.43. The molecule has 2 aromatic carbocycles. The van der Waals surface area contributed by atoms with Gasteiger partial charge in [-0.05, 0) is 12.1 Å². The standard InChI is InChI=1S/C16H11ClN2OS/c17-12-8-6-10(7-9-12)13-15(21-16(18)19-13)14(20)11-4-2-1-3-5-11/h1-9H,(H2,18,19). The van der Waals surface area contributed by atoms with E-state index in [0.717, 1.165) is 5.56 Å². The molecular formula is C16H11ClN2OS. The molecule has 2 N–H and O–H groups in total. The van der Waals surface area contributed by atoms with Gasteiger partial charge in [0.15, 0.2) is 5.13 Å². The monoisotopic (exact) mass is 314 g/mol. The highest BCUT2D eigenvalue weighted by molar-refractivity contribution is 7.18. The van der Waals surface area contributed by atoms with E-state index in [0.29, 0.717) is 26.3 Å². The summed E-state index contributed by atoms with van der Waals surface area (Å²) in [4.78, 5) is 17.4. The first-order valence-electron chi connectivity index (χ1n) is 6.27. The molecule has 0 aliphatic rings. The fourth-order valence-corrected chi connectivity index (χ4v) is 2.96. The molecule has 0 saturated carbocycles. The molecule has 3 aromatic rings. The zero-order chi connectivity index (χ0) is 14.8. The third-order valence-electron chi connectivity index (χ3n) is 3.00. The van der Waals surface area contributed by atoms with Gasteiger partial charge in [0.05, 0.1) is 5.69 Å². The Morgan fingerprint density at radius 3 is 2.38 bits per heavy atom. The fraction of sp³-hybridized carbons (Fsp3) is 0. The van der Waals surface area contributed by atoms with Crippen LogP contribution in [0.15, 0.2) is 54.6 Å². The predicted molar refractivity (Wildman–Crippen MR) is 86.8 cm³/mol. The normalized spacial score (nSPS) is 10.5. The van der Waals surface area contributed by atoms with Gasteiger partial charge in [0, 0.05) is 16.1 Å². The summed E-state index contributed by atoms with van der Waals surface area (Å²) in [6.45, 7) is 0. The van der Waals surface area contributed by atoms with Crippen LogP contribution in [0.25, 0.3) is 11.3 Å². The Morgan fingerprint density at radius 2 is 1.71 bits per heavy atom. The molecule has 1 heterocycles. The van der Waals surface area contributed by atoms with Crippen LogP contribution in [0.3, 0.4) is 0 Å². The number of hydrogen-bond donors (Lipinski definition) is 1. The molecule has 21 heavy (non-hydrogen) atoms. The molecule has 0 radical (unpaired) electrons. The highest BCUT2D eigenvalue weighted by Crippen LogP contribution is 2.32. The maximum Gasteiger partial charge on any atom is 0.205 e. The van der Waals surface area contributed by atoms with E-state index >= 15 is 0 Å². The number of nitrogen functional groups attached to an aromatic ring is 1. The van der Waals surface area contributed by atoms with Gasteiger partial charge in [0.2, 0.25) is 5.78 Å². The summed E-state index contributed by atoms with van der Waals surface area (Å²) in [5.41, 5.74) is 7.84. The van der Waals surface area contributed by atoms with Gasteiger partial charge in [-0.25, -0.2) is 4.98 Å². The van der Waals surface area contributed by atoms with Crippen LogP contribution in [0.1, 0.15) is 15.2 Å². The molecule has 0 bridgehead atoms. The van der Waals surface area contributed by atoms with E-state index in [1.807, 2.05) is 30.3 Å². The van der Waals surface area contributed by atoms with Crippen molar-refractivity contribution in [2.24, 2.45) is 0 Å². The third-order valence-corrected chi connectivity index (χ3v) is 4.14. The number of benzene rings is 2. The summed E-state index contributed by atoms with van der Waals surface area (Å²) >= 11 is 7.09. The first-order valence-corrected chi connectivity index (χ1v) is 7.46. The van der Waals surface area contributed by atoms with Crippen molar-refractivity contribution in [1.29, 1.82) is 0 Å². The van der Waals surface area contributed by atoms with Gasteiger partial charge in [-0.3, -0.25) is 4.79 Å². The maximum absolute atomic E-state index is 12.6. The summed E-state index contributed by atoms with van der Waals surface area (Å²) in [6.07, 6.45) is 0. The molecule has 5 heteroatoms. The van der Waals surface area contributed by atoms with Gasteiger partial charge < -0.3 is 5.73 Å². The quantitative estimate of drug-likeness (QED) is 0.734.